The number of benzene rings is 2. The second kappa shape index (κ2) is 7.55. The van der Waals surface area contributed by atoms with E-state index in [0.29, 0.717) is 27.1 Å². The van der Waals surface area contributed by atoms with Gasteiger partial charge in [-0.05, 0) is 29.8 Å². The zero-order valence-electron chi connectivity index (χ0n) is 13.1. The number of halogens is 2. The van der Waals surface area contributed by atoms with Crippen molar-refractivity contribution in [1.82, 2.24) is 4.98 Å². The lowest BCUT2D eigenvalue weighted by Gasteiger charge is -2.09. The number of aromatic nitrogens is 1. The number of Topliss-reactive ketones (excluding diaryl/α,β-unsaturated/α-hetero) is 1. The van der Waals surface area contributed by atoms with E-state index in [-0.39, 0.29) is 18.0 Å². The van der Waals surface area contributed by atoms with Gasteiger partial charge in [-0.25, -0.2) is 4.98 Å². The van der Waals surface area contributed by atoms with Gasteiger partial charge in [0.25, 0.3) is 0 Å². The van der Waals surface area contributed by atoms with Gasteiger partial charge < -0.3 is 10.5 Å². The third-order valence-electron chi connectivity index (χ3n) is 3.49. The van der Waals surface area contributed by atoms with Crippen LogP contribution in [-0.2, 0) is 6.42 Å². The van der Waals surface area contributed by atoms with E-state index >= 15 is 0 Å². The quantitative estimate of drug-likeness (QED) is 0.625. The number of pyridine rings is 1. The molecule has 0 fully saturated rings. The number of anilines is 1. The summed E-state index contributed by atoms with van der Waals surface area (Å²) in [6.45, 7) is 0. The molecule has 3 rings (SSSR count). The van der Waals surface area contributed by atoms with E-state index in [4.69, 9.17) is 33.7 Å². The average Bonchev–Trinajstić information content (AvgIpc) is 2.58. The SMILES string of the molecule is Nc1ncc(Cl)cc1Oc1cccc(CC(=O)c2cccc(Cl)c2)c1. The first-order chi connectivity index (χ1) is 12.0. The van der Waals surface area contributed by atoms with Crippen molar-refractivity contribution in [3.63, 3.8) is 0 Å². The number of hydrogen-bond donors (Lipinski definition) is 1. The Morgan fingerprint density at radius 1 is 1.04 bits per heavy atom. The van der Waals surface area contributed by atoms with E-state index in [1.54, 1.807) is 42.5 Å². The van der Waals surface area contributed by atoms with Crippen LogP contribution in [0.5, 0.6) is 11.5 Å². The van der Waals surface area contributed by atoms with Gasteiger partial charge in [0.05, 0.1) is 5.02 Å². The van der Waals surface area contributed by atoms with Crippen LogP contribution in [0.3, 0.4) is 0 Å². The summed E-state index contributed by atoms with van der Waals surface area (Å²) in [4.78, 5) is 16.3. The molecule has 0 aliphatic rings. The van der Waals surface area contributed by atoms with Crippen molar-refractivity contribution in [3.8, 4) is 11.5 Å². The maximum absolute atomic E-state index is 12.4. The lowest BCUT2D eigenvalue weighted by molar-refractivity contribution is 0.0993. The normalized spacial score (nSPS) is 10.5. The molecule has 0 aliphatic heterocycles. The molecule has 4 nitrogen and oxygen atoms in total. The molecule has 1 heterocycles. The van der Waals surface area contributed by atoms with E-state index in [0.717, 1.165) is 5.56 Å². The lowest BCUT2D eigenvalue weighted by atomic mass is 10.0. The zero-order chi connectivity index (χ0) is 17.8. The van der Waals surface area contributed by atoms with Gasteiger partial charge in [-0.1, -0.05) is 47.5 Å². The number of hydrogen-bond acceptors (Lipinski definition) is 4. The number of nitrogens with zero attached hydrogens (tertiary/aromatic N) is 1. The van der Waals surface area contributed by atoms with Gasteiger partial charge in [-0.15, -0.1) is 0 Å². The Hall–Kier alpha value is -2.56. The van der Waals surface area contributed by atoms with E-state index in [1.807, 2.05) is 12.1 Å². The predicted octanol–water partition coefficient (Wildman–Crippen LogP) is 5.19. The molecule has 126 valence electrons. The van der Waals surface area contributed by atoms with Crippen LogP contribution in [-0.4, -0.2) is 10.8 Å². The molecule has 0 radical (unpaired) electrons. The maximum atomic E-state index is 12.4. The molecular formula is C19H14Cl2N2O2. The number of ether oxygens (including phenoxy) is 1. The van der Waals surface area contributed by atoms with Crippen LogP contribution in [0.15, 0.2) is 60.8 Å². The van der Waals surface area contributed by atoms with E-state index in [1.165, 1.54) is 6.20 Å². The van der Waals surface area contributed by atoms with Crippen LogP contribution in [0, 0.1) is 0 Å². The second-order valence-corrected chi connectivity index (χ2v) is 6.27. The first kappa shape index (κ1) is 17.3. The highest BCUT2D eigenvalue weighted by molar-refractivity contribution is 6.31. The van der Waals surface area contributed by atoms with Crippen molar-refractivity contribution in [3.05, 3.63) is 82.0 Å². The fourth-order valence-electron chi connectivity index (χ4n) is 2.31. The molecule has 25 heavy (non-hydrogen) atoms. The van der Waals surface area contributed by atoms with Gasteiger partial charge >= 0.3 is 0 Å². The summed E-state index contributed by atoms with van der Waals surface area (Å²) in [5.74, 6) is 1.13. The molecule has 3 aromatic rings. The minimum Gasteiger partial charge on any atom is -0.453 e. The molecule has 6 heteroatoms. The summed E-state index contributed by atoms with van der Waals surface area (Å²) in [6.07, 6.45) is 1.69. The fourth-order valence-corrected chi connectivity index (χ4v) is 2.65. The maximum Gasteiger partial charge on any atom is 0.170 e. The highest BCUT2D eigenvalue weighted by atomic mass is 35.5. The van der Waals surface area contributed by atoms with Gasteiger partial charge in [-0.2, -0.15) is 0 Å². The Bertz CT molecular complexity index is 929. The minimum atomic E-state index is -0.0245. The number of nitrogens with two attached hydrogens (primary N) is 1. The summed E-state index contributed by atoms with van der Waals surface area (Å²) in [6, 6.07) is 15.7. The summed E-state index contributed by atoms with van der Waals surface area (Å²) in [5.41, 5.74) is 7.17. The summed E-state index contributed by atoms with van der Waals surface area (Å²) >= 11 is 11.8. The van der Waals surface area contributed by atoms with E-state index in [2.05, 4.69) is 4.98 Å². The van der Waals surface area contributed by atoms with Crippen molar-refractivity contribution in [2.24, 2.45) is 0 Å². The number of nitrogen functional groups attached to an aromatic ring is 1. The van der Waals surface area contributed by atoms with Crippen molar-refractivity contribution in [2.45, 2.75) is 6.42 Å². The minimum absolute atomic E-state index is 0.0245. The Labute approximate surface area is 155 Å². The van der Waals surface area contributed by atoms with Crippen LogP contribution in [0.2, 0.25) is 10.0 Å². The largest absolute Gasteiger partial charge is 0.453 e. The van der Waals surface area contributed by atoms with E-state index < -0.39 is 0 Å². The average molecular weight is 373 g/mol. The monoisotopic (exact) mass is 372 g/mol. The highest BCUT2D eigenvalue weighted by Gasteiger charge is 2.10. The van der Waals surface area contributed by atoms with Crippen molar-refractivity contribution >= 4 is 34.8 Å². The fraction of sp³-hybridized carbons (Fsp3) is 0.0526. The Kier molecular flexibility index (Phi) is 5.22. The summed E-state index contributed by atoms with van der Waals surface area (Å²) in [5, 5.41) is 0.961. The standard InChI is InChI=1S/C19H14Cl2N2O2/c20-14-5-2-4-13(9-14)17(24)8-12-3-1-6-16(7-12)25-18-10-15(21)11-23-19(18)22/h1-7,9-11H,8H2,(H2,22,23). The molecule has 0 spiro atoms. The van der Waals surface area contributed by atoms with Crippen LogP contribution >= 0.6 is 23.2 Å². The van der Waals surface area contributed by atoms with Crippen LogP contribution in [0.25, 0.3) is 0 Å². The van der Waals surface area contributed by atoms with Crippen molar-refractivity contribution < 1.29 is 9.53 Å². The van der Waals surface area contributed by atoms with Gasteiger partial charge in [0.1, 0.15) is 5.75 Å². The Morgan fingerprint density at radius 2 is 1.84 bits per heavy atom. The molecule has 2 aromatic carbocycles. The van der Waals surface area contributed by atoms with Gasteiger partial charge in [-0.3, -0.25) is 4.79 Å². The van der Waals surface area contributed by atoms with Crippen LogP contribution in [0.1, 0.15) is 15.9 Å². The van der Waals surface area contributed by atoms with Crippen LogP contribution < -0.4 is 10.5 Å². The third kappa shape index (κ3) is 4.50. The Balaban J connectivity index is 1.77. The molecule has 1 aromatic heterocycles. The lowest BCUT2D eigenvalue weighted by Crippen LogP contribution is -2.03. The van der Waals surface area contributed by atoms with Crippen LogP contribution in [0.4, 0.5) is 5.82 Å². The zero-order valence-corrected chi connectivity index (χ0v) is 14.6. The molecule has 0 saturated carbocycles. The number of carbonyl (C=O) groups excluding carboxylic acids is 1. The first-order valence-corrected chi connectivity index (χ1v) is 8.23. The van der Waals surface area contributed by atoms with Gasteiger partial charge in [0.15, 0.2) is 17.4 Å². The topological polar surface area (TPSA) is 65.2 Å². The first-order valence-electron chi connectivity index (χ1n) is 7.48. The molecule has 2 N–H and O–H groups in total. The number of rotatable bonds is 5. The molecular weight excluding hydrogens is 359 g/mol. The Morgan fingerprint density at radius 3 is 2.64 bits per heavy atom. The molecule has 0 amide bonds. The number of ketones is 1. The van der Waals surface area contributed by atoms with E-state index in [9.17, 15) is 4.79 Å². The molecule has 0 bridgehead atoms. The summed E-state index contributed by atoms with van der Waals surface area (Å²) < 4.78 is 5.73. The van der Waals surface area contributed by atoms with Crippen molar-refractivity contribution in [2.75, 3.05) is 5.73 Å². The van der Waals surface area contributed by atoms with Crippen molar-refractivity contribution in [1.29, 1.82) is 0 Å². The second-order valence-electron chi connectivity index (χ2n) is 5.40. The number of carbonyl (C=O) groups is 1. The predicted molar refractivity (Wildman–Crippen MR) is 99.7 cm³/mol. The third-order valence-corrected chi connectivity index (χ3v) is 3.93. The smallest absolute Gasteiger partial charge is 0.170 e. The molecule has 0 unspecified atom stereocenters. The van der Waals surface area contributed by atoms with Gasteiger partial charge in [0.2, 0.25) is 0 Å². The highest BCUT2D eigenvalue weighted by Crippen LogP contribution is 2.29. The molecule has 0 aliphatic carbocycles. The summed E-state index contributed by atoms with van der Waals surface area (Å²) in [7, 11) is 0. The van der Waals surface area contributed by atoms with Gasteiger partial charge in [0, 0.05) is 29.3 Å². The molecule has 0 saturated heterocycles. The molecule has 0 atom stereocenters.